The lowest BCUT2D eigenvalue weighted by atomic mass is 9.99. The van der Waals surface area contributed by atoms with Gasteiger partial charge >= 0.3 is 11.7 Å². The molecule has 2 aromatic carbocycles. The Balaban J connectivity index is 1.87. The monoisotopic (exact) mass is 532 g/mol. The molecule has 0 saturated heterocycles. The average Bonchev–Trinajstić information content (AvgIpc) is 3.31. The van der Waals surface area contributed by atoms with Gasteiger partial charge in [0, 0.05) is 31.1 Å². The molecule has 13 nitrogen and oxygen atoms in total. The predicted octanol–water partition coefficient (Wildman–Crippen LogP) is 2.34. The average molecular weight is 533 g/mol. The third-order valence-corrected chi connectivity index (χ3v) is 5.78. The minimum Gasteiger partial charge on any atom is -0.493 e. The van der Waals surface area contributed by atoms with E-state index in [4.69, 9.17) is 25.4 Å². The van der Waals surface area contributed by atoms with Crippen LogP contribution >= 0.6 is 0 Å². The number of nitrogens with two attached hydrogens (primary N) is 1. The van der Waals surface area contributed by atoms with Crippen molar-refractivity contribution in [2.75, 3.05) is 19.5 Å². The van der Waals surface area contributed by atoms with Gasteiger partial charge in [0.15, 0.2) is 17.3 Å². The van der Waals surface area contributed by atoms with Crippen molar-refractivity contribution in [1.82, 2.24) is 24.7 Å². The first-order valence-corrected chi connectivity index (χ1v) is 11.9. The number of rotatable bonds is 10. The second-order valence-electron chi connectivity index (χ2n) is 8.34. The van der Waals surface area contributed by atoms with E-state index >= 15 is 0 Å². The normalized spacial score (nSPS) is 11.5. The van der Waals surface area contributed by atoms with E-state index in [1.165, 1.54) is 19.3 Å². The van der Waals surface area contributed by atoms with Gasteiger partial charge < -0.3 is 25.3 Å². The van der Waals surface area contributed by atoms with E-state index < -0.39 is 17.7 Å². The number of hydrogen-bond donors (Lipinski definition) is 4. The number of nitrogens with one attached hydrogen (secondary N) is 3. The van der Waals surface area contributed by atoms with Crippen LogP contribution in [0.5, 0.6) is 17.2 Å². The molecular formula is C26H28N8O5. The van der Waals surface area contributed by atoms with Crippen molar-refractivity contribution in [2.45, 2.75) is 26.3 Å². The van der Waals surface area contributed by atoms with Gasteiger partial charge in [-0.2, -0.15) is 0 Å². The lowest BCUT2D eigenvalue weighted by molar-refractivity contribution is -0.131. The van der Waals surface area contributed by atoms with Crippen LogP contribution in [0, 0.1) is 5.41 Å². The number of anilines is 1. The van der Waals surface area contributed by atoms with Gasteiger partial charge in [-0.05, 0) is 47.9 Å². The van der Waals surface area contributed by atoms with Crippen LogP contribution in [-0.4, -0.2) is 50.8 Å². The summed E-state index contributed by atoms with van der Waals surface area (Å²) in [6.45, 7) is 3.24. The third kappa shape index (κ3) is 5.71. The van der Waals surface area contributed by atoms with Crippen LogP contribution in [0.2, 0.25) is 0 Å². The number of methoxy groups -OCH3 is 2. The first kappa shape index (κ1) is 26.9. The van der Waals surface area contributed by atoms with E-state index in [9.17, 15) is 9.59 Å². The molecule has 4 aromatic rings. The van der Waals surface area contributed by atoms with Crippen molar-refractivity contribution in [3.63, 3.8) is 0 Å². The Kier molecular flexibility index (Phi) is 7.89. The summed E-state index contributed by atoms with van der Waals surface area (Å²) in [5, 5.41) is 15.6. The predicted molar refractivity (Wildman–Crippen MR) is 143 cm³/mol. The fraction of sp³-hybridized carbons (Fsp3) is 0.231. The first-order valence-electron chi connectivity index (χ1n) is 11.9. The van der Waals surface area contributed by atoms with Gasteiger partial charge in [-0.25, -0.2) is 14.8 Å². The molecule has 13 heteroatoms. The van der Waals surface area contributed by atoms with Gasteiger partial charge in [0.25, 0.3) is 5.95 Å². The maximum atomic E-state index is 12.9. The van der Waals surface area contributed by atoms with Gasteiger partial charge in [0.1, 0.15) is 17.6 Å². The highest BCUT2D eigenvalue weighted by Gasteiger charge is 2.24. The van der Waals surface area contributed by atoms with Gasteiger partial charge in [0.2, 0.25) is 0 Å². The van der Waals surface area contributed by atoms with Crippen molar-refractivity contribution in [3.05, 3.63) is 81.8 Å². The molecule has 2 heterocycles. The molecule has 0 saturated carbocycles. The molecule has 2 aromatic heterocycles. The van der Waals surface area contributed by atoms with Crippen molar-refractivity contribution in [3.8, 4) is 23.2 Å². The van der Waals surface area contributed by atoms with Crippen molar-refractivity contribution in [2.24, 2.45) is 5.73 Å². The van der Waals surface area contributed by atoms with Crippen molar-refractivity contribution >= 4 is 17.5 Å². The lowest BCUT2D eigenvalue weighted by Crippen LogP contribution is -2.18. The molecule has 1 atom stereocenters. The molecule has 0 fully saturated rings. The number of nitrogen functional groups attached to an aromatic ring is 1. The van der Waals surface area contributed by atoms with E-state index in [-0.39, 0.29) is 28.9 Å². The quantitative estimate of drug-likeness (QED) is 0.102. The van der Waals surface area contributed by atoms with Gasteiger partial charge in [0.05, 0.1) is 19.8 Å². The zero-order valence-corrected chi connectivity index (χ0v) is 21.8. The highest BCUT2D eigenvalue weighted by atomic mass is 16.5. The zero-order chi connectivity index (χ0) is 28.1. The maximum absolute atomic E-state index is 12.9. The Morgan fingerprint density at radius 1 is 1.15 bits per heavy atom. The molecule has 0 aliphatic carbocycles. The van der Waals surface area contributed by atoms with Gasteiger partial charge in [-0.1, -0.05) is 6.92 Å². The number of carbonyl (C=O) groups excluding carboxylic acids is 1. The SMILES string of the molecule is CCc1cc(C(Nc2ccc(C(=N)N)c(OC(C)=O)c2)c2nn(-c3ncccn3)c(=O)[nH]2)cc(OC)c1OC. The molecular weight excluding hydrogens is 504 g/mol. The highest BCUT2D eigenvalue weighted by Crippen LogP contribution is 2.37. The van der Waals surface area contributed by atoms with Crippen LogP contribution in [0.1, 0.15) is 42.4 Å². The first-order chi connectivity index (χ1) is 18.7. The van der Waals surface area contributed by atoms with Gasteiger partial charge in [-0.15, -0.1) is 9.78 Å². The fourth-order valence-electron chi connectivity index (χ4n) is 4.05. The molecule has 0 amide bonds. The Bertz CT molecular complexity index is 1540. The number of hydrogen-bond acceptors (Lipinski definition) is 10. The van der Waals surface area contributed by atoms with Crippen LogP contribution in [0.4, 0.5) is 5.69 Å². The number of esters is 1. The van der Waals surface area contributed by atoms with Gasteiger partial charge in [-0.3, -0.25) is 15.2 Å². The molecule has 39 heavy (non-hydrogen) atoms. The second kappa shape index (κ2) is 11.5. The standard InChI is InChI=1S/C26H28N8O5/c1-5-15-11-16(12-20(37-3)22(15)38-4)21(24-32-26(36)34(33-24)25-29-9-6-10-30-25)31-17-7-8-18(23(27)28)19(13-17)39-14(2)35/h6-13,21,31H,5H2,1-4H3,(H3,27,28)(H,32,33,36). The number of amidine groups is 1. The van der Waals surface area contributed by atoms with E-state index in [0.29, 0.717) is 29.2 Å². The molecule has 0 aliphatic heterocycles. The van der Waals surface area contributed by atoms with Crippen LogP contribution in [0.25, 0.3) is 5.95 Å². The number of aromatic amines is 1. The Morgan fingerprint density at radius 2 is 1.90 bits per heavy atom. The van der Waals surface area contributed by atoms with E-state index in [0.717, 1.165) is 10.2 Å². The smallest absolute Gasteiger partial charge is 0.350 e. The largest absolute Gasteiger partial charge is 0.493 e. The number of aromatic nitrogens is 5. The molecule has 0 aliphatic rings. The Hall–Kier alpha value is -5.20. The molecule has 202 valence electrons. The fourth-order valence-corrected chi connectivity index (χ4v) is 4.05. The van der Waals surface area contributed by atoms with Crippen molar-refractivity contribution < 1.29 is 19.0 Å². The number of benzene rings is 2. The maximum Gasteiger partial charge on any atom is 0.350 e. The molecule has 0 bridgehead atoms. The molecule has 0 radical (unpaired) electrons. The third-order valence-electron chi connectivity index (χ3n) is 5.78. The van der Waals surface area contributed by atoms with Crippen LogP contribution < -0.4 is 31.0 Å². The number of ether oxygens (including phenoxy) is 3. The molecule has 0 spiro atoms. The minimum absolute atomic E-state index is 0.105. The lowest BCUT2D eigenvalue weighted by Gasteiger charge is -2.22. The highest BCUT2D eigenvalue weighted by molar-refractivity contribution is 5.98. The van der Waals surface area contributed by atoms with E-state index in [1.807, 2.05) is 13.0 Å². The molecule has 4 rings (SSSR count). The molecule has 1 unspecified atom stereocenters. The number of carbonyl (C=O) groups is 1. The second-order valence-corrected chi connectivity index (χ2v) is 8.34. The number of aryl methyl sites for hydroxylation is 1. The summed E-state index contributed by atoms with van der Waals surface area (Å²) in [7, 11) is 3.11. The summed E-state index contributed by atoms with van der Waals surface area (Å²) in [6, 6.07) is 9.39. The minimum atomic E-state index is -0.721. The van der Waals surface area contributed by atoms with E-state index in [2.05, 4.69) is 25.4 Å². The summed E-state index contributed by atoms with van der Waals surface area (Å²) in [6.07, 6.45) is 3.66. The Labute approximate surface area is 223 Å². The topological polar surface area (TPSA) is 183 Å². The van der Waals surface area contributed by atoms with Crippen LogP contribution in [-0.2, 0) is 11.2 Å². The Morgan fingerprint density at radius 3 is 2.51 bits per heavy atom. The summed E-state index contributed by atoms with van der Waals surface area (Å²) >= 11 is 0. The number of nitrogens with zero attached hydrogens (tertiary/aromatic N) is 4. The van der Waals surface area contributed by atoms with Crippen molar-refractivity contribution in [1.29, 1.82) is 5.41 Å². The van der Waals surface area contributed by atoms with Crippen LogP contribution in [0.3, 0.4) is 0 Å². The summed E-state index contributed by atoms with van der Waals surface area (Å²) in [5.41, 5.74) is 7.46. The molecule has 5 N–H and O–H groups in total. The van der Waals surface area contributed by atoms with E-state index in [1.54, 1.807) is 44.6 Å². The zero-order valence-electron chi connectivity index (χ0n) is 21.8. The summed E-state index contributed by atoms with van der Waals surface area (Å²) in [4.78, 5) is 35.6. The summed E-state index contributed by atoms with van der Waals surface area (Å²) in [5.74, 6) is 0.746. The van der Waals surface area contributed by atoms with Crippen LogP contribution in [0.15, 0.2) is 53.6 Å². The summed E-state index contributed by atoms with van der Waals surface area (Å²) < 4.78 is 17.5. The number of H-pyrrole nitrogens is 1.